The van der Waals surface area contributed by atoms with Crippen LogP contribution in [0.1, 0.15) is 34.2 Å². The average molecular weight is 285 g/mol. The fourth-order valence-electron chi connectivity index (χ4n) is 2.45. The minimum atomic E-state index is 0.187. The van der Waals surface area contributed by atoms with Gasteiger partial charge in [-0.2, -0.15) is 0 Å². The predicted molar refractivity (Wildman–Crippen MR) is 84.4 cm³/mol. The Morgan fingerprint density at radius 2 is 1.95 bits per heavy atom. The summed E-state index contributed by atoms with van der Waals surface area (Å²) in [6.07, 6.45) is 3.57. The first-order valence-corrected chi connectivity index (χ1v) is 7.30. The van der Waals surface area contributed by atoms with Gasteiger partial charge in [0.25, 0.3) is 0 Å². The van der Waals surface area contributed by atoms with Gasteiger partial charge in [0.15, 0.2) is 5.78 Å². The number of hydrogen-bond donors (Lipinski definition) is 0. The van der Waals surface area contributed by atoms with Crippen molar-refractivity contribution in [3.63, 3.8) is 0 Å². The molecule has 112 valence electrons. The van der Waals surface area contributed by atoms with Crippen LogP contribution in [0.2, 0.25) is 0 Å². The molecule has 0 aromatic carbocycles. The van der Waals surface area contributed by atoms with Crippen LogP contribution in [0.4, 0.5) is 0 Å². The topological polar surface area (TPSA) is 38.1 Å². The molecule has 0 atom stereocenters. The van der Waals surface area contributed by atoms with E-state index in [2.05, 4.69) is 21.4 Å². The Hall–Kier alpha value is -1.94. The molecule has 0 N–H and O–H groups in total. The molecule has 21 heavy (non-hydrogen) atoms. The van der Waals surface area contributed by atoms with Crippen molar-refractivity contribution < 1.29 is 4.79 Å². The minimum Gasteiger partial charge on any atom is -0.351 e. The molecule has 0 bridgehead atoms. The maximum atomic E-state index is 12.5. The number of carbonyl (C=O) groups excluding carboxylic acids is 1. The summed E-state index contributed by atoms with van der Waals surface area (Å²) in [6.45, 7) is 8.17. The van der Waals surface area contributed by atoms with Crippen LogP contribution in [0, 0.1) is 13.8 Å². The fourth-order valence-corrected chi connectivity index (χ4v) is 2.45. The molecule has 0 fully saturated rings. The lowest BCUT2D eigenvalue weighted by Crippen LogP contribution is -2.29. The van der Waals surface area contributed by atoms with E-state index in [9.17, 15) is 4.79 Å². The van der Waals surface area contributed by atoms with E-state index >= 15 is 0 Å². The third-order valence-electron chi connectivity index (χ3n) is 4.05. The number of nitrogens with zero attached hydrogens (tertiary/aromatic N) is 3. The van der Waals surface area contributed by atoms with Gasteiger partial charge in [-0.1, -0.05) is 6.92 Å². The minimum absolute atomic E-state index is 0.187. The number of rotatable bonds is 6. The number of pyridine rings is 1. The number of ketones is 1. The van der Waals surface area contributed by atoms with Crippen LogP contribution in [0.25, 0.3) is 0 Å². The van der Waals surface area contributed by atoms with Gasteiger partial charge in [-0.15, -0.1) is 0 Å². The number of carbonyl (C=O) groups is 1. The van der Waals surface area contributed by atoms with Gasteiger partial charge in [0, 0.05) is 42.9 Å². The third kappa shape index (κ3) is 3.58. The van der Waals surface area contributed by atoms with Crippen LogP contribution in [0.3, 0.4) is 0 Å². The molecule has 2 aromatic heterocycles. The molecule has 0 aliphatic carbocycles. The second kappa shape index (κ2) is 6.68. The van der Waals surface area contributed by atoms with E-state index in [1.165, 1.54) is 5.56 Å². The molecule has 0 aliphatic heterocycles. The second-order valence-electron chi connectivity index (χ2n) is 5.43. The largest absolute Gasteiger partial charge is 0.351 e. The summed E-state index contributed by atoms with van der Waals surface area (Å²) < 4.78 is 2.06. The van der Waals surface area contributed by atoms with Crippen LogP contribution in [-0.2, 0) is 13.6 Å². The highest BCUT2D eigenvalue weighted by molar-refractivity contribution is 5.99. The number of Topliss-reactive ketones (excluding diaryl/α,β-unsaturated/α-hetero) is 1. The van der Waals surface area contributed by atoms with Crippen molar-refractivity contribution in [1.29, 1.82) is 0 Å². The Morgan fingerprint density at radius 1 is 1.29 bits per heavy atom. The maximum absolute atomic E-state index is 12.5. The predicted octanol–water partition coefficient (Wildman–Crippen LogP) is 2.74. The highest BCUT2D eigenvalue weighted by Gasteiger charge is 2.16. The highest BCUT2D eigenvalue weighted by Crippen LogP contribution is 2.15. The van der Waals surface area contributed by atoms with E-state index in [4.69, 9.17) is 0 Å². The lowest BCUT2D eigenvalue weighted by Gasteiger charge is -2.19. The van der Waals surface area contributed by atoms with E-state index in [1.807, 2.05) is 39.1 Å². The molecule has 4 heteroatoms. The molecule has 0 unspecified atom stereocenters. The molecule has 2 rings (SSSR count). The van der Waals surface area contributed by atoms with E-state index in [1.54, 1.807) is 12.4 Å². The fraction of sp³-hybridized carbons (Fsp3) is 0.412. The Balaban J connectivity index is 2.07. The summed E-state index contributed by atoms with van der Waals surface area (Å²) in [7, 11) is 2.00. The molecule has 0 radical (unpaired) electrons. The molecule has 2 aromatic rings. The lowest BCUT2D eigenvalue weighted by molar-refractivity contribution is 0.0929. The standard InChI is InChI=1S/C17H23N3O/c1-5-20(11-15-6-8-18-9-7-15)12-17(21)16-10-13(2)19(4)14(16)3/h6-10H,5,11-12H2,1-4H3. The van der Waals surface area contributed by atoms with Crippen molar-refractivity contribution in [2.75, 3.05) is 13.1 Å². The van der Waals surface area contributed by atoms with Crippen LogP contribution in [0.5, 0.6) is 0 Å². The Labute approximate surface area is 126 Å². The molecule has 2 heterocycles. The summed E-state index contributed by atoms with van der Waals surface area (Å²) in [5.74, 6) is 0.187. The van der Waals surface area contributed by atoms with Crippen molar-refractivity contribution in [2.45, 2.75) is 27.3 Å². The monoisotopic (exact) mass is 285 g/mol. The molecular formula is C17H23N3O. The molecule has 0 aliphatic rings. The third-order valence-corrected chi connectivity index (χ3v) is 4.05. The van der Waals surface area contributed by atoms with Gasteiger partial charge in [0.1, 0.15) is 0 Å². The first-order chi connectivity index (χ1) is 10.0. The van der Waals surface area contributed by atoms with Crippen LogP contribution in [0.15, 0.2) is 30.6 Å². The summed E-state index contributed by atoms with van der Waals surface area (Å²) in [5, 5.41) is 0. The van der Waals surface area contributed by atoms with E-state index in [0.29, 0.717) is 6.54 Å². The summed E-state index contributed by atoms with van der Waals surface area (Å²) in [5.41, 5.74) is 4.18. The zero-order valence-corrected chi connectivity index (χ0v) is 13.3. The van der Waals surface area contributed by atoms with Crippen molar-refractivity contribution in [1.82, 2.24) is 14.5 Å². The normalized spacial score (nSPS) is 11.1. The SMILES string of the molecule is CCN(CC(=O)c1cc(C)n(C)c1C)Cc1ccncc1. The van der Waals surface area contributed by atoms with E-state index in [-0.39, 0.29) is 5.78 Å². The van der Waals surface area contributed by atoms with Gasteiger partial charge in [-0.25, -0.2) is 0 Å². The van der Waals surface area contributed by atoms with Crippen molar-refractivity contribution in [2.24, 2.45) is 7.05 Å². The Kier molecular flexibility index (Phi) is 4.91. The lowest BCUT2D eigenvalue weighted by atomic mass is 10.1. The van der Waals surface area contributed by atoms with Crippen molar-refractivity contribution >= 4 is 5.78 Å². The van der Waals surface area contributed by atoms with Gasteiger partial charge in [0.05, 0.1) is 6.54 Å². The van der Waals surface area contributed by atoms with Gasteiger partial charge in [-0.3, -0.25) is 14.7 Å². The zero-order chi connectivity index (χ0) is 15.4. The number of aromatic nitrogens is 2. The quantitative estimate of drug-likeness (QED) is 0.766. The number of hydrogen-bond acceptors (Lipinski definition) is 3. The van der Waals surface area contributed by atoms with Gasteiger partial charge in [-0.05, 0) is 44.2 Å². The average Bonchev–Trinajstić information content (AvgIpc) is 2.75. The molecule has 0 saturated heterocycles. The van der Waals surface area contributed by atoms with Crippen molar-refractivity contribution in [3.05, 3.63) is 53.1 Å². The van der Waals surface area contributed by atoms with E-state index in [0.717, 1.165) is 30.0 Å². The molecular weight excluding hydrogens is 262 g/mol. The van der Waals surface area contributed by atoms with Crippen LogP contribution < -0.4 is 0 Å². The smallest absolute Gasteiger partial charge is 0.178 e. The molecule has 4 nitrogen and oxygen atoms in total. The second-order valence-corrected chi connectivity index (χ2v) is 5.43. The first-order valence-electron chi connectivity index (χ1n) is 7.30. The Morgan fingerprint density at radius 3 is 2.48 bits per heavy atom. The Bertz CT molecular complexity index is 616. The van der Waals surface area contributed by atoms with Gasteiger partial charge in [0.2, 0.25) is 0 Å². The van der Waals surface area contributed by atoms with Gasteiger partial charge < -0.3 is 4.57 Å². The molecule has 0 spiro atoms. The summed E-state index contributed by atoms with van der Waals surface area (Å²) >= 11 is 0. The summed E-state index contributed by atoms with van der Waals surface area (Å²) in [6, 6.07) is 5.97. The highest BCUT2D eigenvalue weighted by atomic mass is 16.1. The summed E-state index contributed by atoms with van der Waals surface area (Å²) in [4.78, 5) is 18.7. The van der Waals surface area contributed by atoms with Crippen LogP contribution >= 0.6 is 0 Å². The molecule has 0 saturated carbocycles. The van der Waals surface area contributed by atoms with Gasteiger partial charge >= 0.3 is 0 Å². The van der Waals surface area contributed by atoms with Crippen molar-refractivity contribution in [3.8, 4) is 0 Å². The molecule has 0 amide bonds. The van der Waals surface area contributed by atoms with E-state index < -0.39 is 0 Å². The first kappa shape index (κ1) is 15.4. The zero-order valence-electron chi connectivity index (χ0n) is 13.3. The maximum Gasteiger partial charge on any atom is 0.178 e. The number of likely N-dealkylation sites (N-methyl/N-ethyl adjacent to an activating group) is 1. The number of aryl methyl sites for hydroxylation is 1. The van der Waals surface area contributed by atoms with Crippen LogP contribution in [-0.4, -0.2) is 33.3 Å².